The minimum Gasteiger partial charge on any atom is -0.322 e. The molecule has 16 heavy (non-hydrogen) atoms. The summed E-state index contributed by atoms with van der Waals surface area (Å²) in [4.78, 5) is 2.10. The maximum atomic E-state index is 6.25. The average molecular weight is 261 g/mol. The minimum absolute atomic E-state index is 0.114. The number of likely N-dealkylation sites (N-methyl/N-ethyl adjacent to an activating group) is 1. The molecule has 0 aromatic heterocycles. The molecule has 0 aliphatic rings. The highest BCUT2D eigenvalue weighted by molar-refractivity contribution is 6.42. The lowest BCUT2D eigenvalue weighted by Gasteiger charge is -2.38. The lowest BCUT2D eigenvalue weighted by atomic mass is 9.88. The summed E-state index contributed by atoms with van der Waals surface area (Å²) in [5, 5.41) is 1.10. The van der Waals surface area contributed by atoms with E-state index >= 15 is 0 Å². The minimum atomic E-state index is -0.142. The van der Waals surface area contributed by atoms with Crippen molar-refractivity contribution in [1.29, 1.82) is 0 Å². The van der Waals surface area contributed by atoms with Crippen LogP contribution < -0.4 is 5.73 Å². The van der Waals surface area contributed by atoms with Crippen molar-refractivity contribution >= 4 is 23.2 Å². The summed E-state index contributed by atoms with van der Waals surface area (Å²) in [6.45, 7) is 4.19. The van der Waals surface area contributed by atoms with E-state index in [1.807, 2.05) is 26.2 Å². The molecule has 1 aromatic rings. The topological polar surface area (TPSA) is 29.3 Å². The Bertz CT molecular complexity index is 375. The van der Waals surface area contributed by atoms with Crippen LogP contribution in [0, 0.1) is 0 Å². The van der Waals surface area contributed by atoms with Crippen molar-refractivity contribution in [2.45, 2.75) is 25.4 Å². The third kappa shape index (κ3) is 2.69. The quantitative estimate of drug-likeness (QED) is 0.904. The summed E-state index contributed by atoms with van der Waals surface area (Å²) < 4.78 is 0. The molecule has 0 heterocycles. The molecule has 0 spiro atoms. The van der Waals surface area contributed by atoms with Gasteiger partial charge in [0.2, 0.25) is 0 Å². The van der Waals surface area contributed by atoms with Gasteiger partial charge in [0, 0.05) is 11.6 Å². The van der Waals surface area contributed by atoms with Gasteiger partial charge in [0.25, 0.3) is 0 Å². The van der Waals surface area contributed by atoms with Crippen molar-refractivity contribution in [3.8, 4) is 0 Å². The molecule has 0 amide bonds. The molecule has 1 atom stereocenters. The van der Waals surface area contributed by atoms with Crippen molar-refractivity contribution in [3.63, 3.8) is 0 Å². The standard InChI is InChI=1S/C12H18Cl2N2/c1-12(2,16(3)4)11(15)8-5-6-9(13)10(14)7-8/h5-7,11H,15H2,1-4H3. The van der Waals surface area contributed by atoms with Gasteiger partial charge in [-0.1, -0.05) is 29.3 Å². The van der Waals surface area contributed by atoms with Crippen LogP contribution >= 0.6 is 23.2 Å². The maximum Gasteiger partial charge on any atom is 0.0595 e. The zero-order valence-corrected chi connectivity index (χ0v) is 11.6. The van der Waals surface area contributed by atoms with Gasteiger partial charge >= 0.3 is 0 Å². The first-order valence-electron chi connectivity index (χ1n) is 5.14. The van der Waals surface area contributed by atoms with Crippen LogP contribution in [0.2, 0.25) is 10.0 Å². The largest absolute Gasteiger partial charge is 0.322 e. The Morgan fingerprint density at radius 3 is 2.19 bits per heavy atom. The normalized spacial score (nSPS) is 14.2. The lowest BCUT2D eigenvalue weighted by Crippen LogP contribution is -2.47. The van der Waals surface area contributed by atoms with Crippen molar-refractivity contribution in [2.75, 3.05) is 14.1 Å². The fourth-order valence-electron chi connectivity index (χ4n) is 1.39. The van der Waals surface area contributed by atoms with E-state index in [1.54, 1.807) is 6.07 Å². The lowest BCUT2D eigenvalue weighted by molar-refractivity contribution is 0.159. The first-order valence-corrected chi connectivity index (χ1v) is 5.90. The van der Waals surface area contributed by atoms with Gasteiger partial charge in [-0.3, -0.25) is 0 Å². The summed E-state index contributed by atoms with van der Waals surface area (Å²) in [5.41, 5.74) is 7.10. The van der Waals surface area contributed by atoms with Gasteiger partial charge in [0.15, 0.2) is 0 Å². The smallest absolute Gasteiger partial charge is 0.0595 e. The molecule has 0 bridgehead atoms. The molecule has 2 N–H and O–H groups in total. The van der Waals surface area contributed by atoms with Gasteiger partial charge in [0.05, 0.1) is 10.0 Å². The maximum absolute atomic E-state index is 6.25. The molecule has 2 nitrogen and oxygen atoms in total. The summed E-state index contributed by atoms with van der Waals surface area (Å²) >= 11 is 11.9. The second-order valence-corrected chi connectivity index (χ2v) is 5.51. The molecule has 4 heteroatoms. The monoisotopic (exact) mass is 260 g/mol. The fraction of sp³-hybridized carbons (Fsp3) is 0.500. The zero-order chi connectivity index (χ0) is 12.5. The average Bonchev–Trinajstić information content (AvgIpc) is 2.20. The Hall–Kier alpha value is -0.280. The van der Waals surface area contributed by atoms with E-state index in [2.05, 4.69) is 18.7 Å². The molecule has 0 fully saturated rings. The number of nitrogens with two attached hydrogens (primary N) is 1. The van der Waals surface area contributed by atoms with Crippen LogP contribution in [0.4, 0.5) is 0 Å². The Morgan fingerprint density at radius 1 is 1.19 bits per heavy atom. The Morgan fingerprint density at radius 2 is 1.75 bits per heavy atom. The Balaban J connectivity index is 3.05. The van der Waals surface area contributed by atoms with E-state index in [9.17, 15) is 0 Å². The van der Waals surface area contributed by atoms with Gasteiger partial charge in [-0.05, 0) is 45.6 Å². The first kappa shape index (κ1) is 13.8. The van der Waals surface area contributed by atoms with Crippen LogP contribution in [0.25, 0.3) is 0 Å². The van der Waals surface area contributed by atoms with Gasteiger partial charge in [-0.25, -0.2) is 0 Å². The van der Waals surface area contributed by atoms with Crippen molar-refractivity contribution in [2.24, 2.45) is 5.73 Å². The van der Waals surface area contributed by atoms with Crippen LogP contribution in [0.1, 0.15) is 25.5 Å². The number of rotatable bonds is 3. The summed E-state index contributed by atoms with van der Waals surface area (Å²) in [7, 11) is 4.02. The molecule has 0 radical (unpaired) electrons. The highest BCUT2D eigenvalue weighted by atomic mass is 35.5. The first-order chi connectivity index (χ1) is 7.26. The van der Waals surface area contributed by atoms with Crippen LogP contribution in [-0.4, -0.2) is 24.5 Å². The second kappa shape index (κ2) is 4.92. The van der Waals surface area contributed by atoms with E-state index in [0.717, 1.165) is 5.56 Å². The highest BCUT2D eigenvalue weighted by Crippen LogP contribution is 2.31. The molecular formula is C12H18Cl2N2. The van der Waals surface area contributed by atoms with E-state index in [-0.39, 0.29) is 11.6 Å². The predicted molar refractivity (Wildman–Crippen MR) is 71.2 cm³/mol. The van der Waals surface area contributed by atoms with E-state index in [1.165, 1.54) is 0 Å². The number of halogens is 2. The van der Waals surface area contributed by atoms with Crippen molar-refractivity contribution in [3.05, 3.63) is 33.8 Å². The third-order valence-electron chi connectivity index (χ3n) is 3.22. The molecule has 1 aromatic carbocycles. The van der Waals surface area contributed by atoms with Gasteiger partial charge in [-0.15, -0.1) is 0 Å². The number of hydrogen-bond acceptors (Lipinski definition) is 2. The van der Waals surface area contributed by atoms with E-state index < -0.39 is 0 Å². The van der Waals surface area contributed by atoms with Gasteiger partial charge in [-0.2, -0.15) is 0 Å². The highest BCUT2D eigenvalue weighted by Gasteiger charge is 2.30. The zero-order valence-electron chi connectivity index (χ0n) is 10.1. The number of hydrogen-bond donors (Lipinski definition) is 1. The number of benzene rings is 1. The molecule has 0 aliphatic heterocycles. The molecule has 0 aliphatic carbocycles. The van der Waals surface area contributed by atoms with E-state index in [0.29, 0.717) is 10.0 Å². The second-order valence-electron chi connectivity index (χ2n) is 4.70. The molecule has 0 saturated heterocycles. The molecule has 1 unspecified atom stereocenters. The van der Waals surface area contributed by atoms with Crippen LogP contribution in [0.15, 0.2) is 18.2 Å². The van der Waals surface area contributed by atoms with Gasteiger partial charge in [0.1, 0.15) is 0 Å². The Labute approximate surface area is 107 Å². The van der Waals surface area contributed by atoms with Crippen LogP contribution in [-0.2, 0) is 0 Å². The summed E-state index contributed by atoms with van der Waals surface area (Å²) in [6, 6.07) is 5.42. The van der Waals surface area contributed by atoms with E-state index in [4.69, 9.17) is 28.9 Å². The number of nitrogens with zero attached hydrogens (tertiary/aromatic N) is 1. The summed E-state index contributed by atoms with van der Waals surface area (Å²) in [6.07, 6.45) is 0. The van der Waals surface area contributed by atoms with Crippen LogP contribution in [0.3, 0.4) is 0 Å². The SMILES string of the molecule is CN(C)C(C)(C)C(N)c1ccc(Cl)c(Cl)c1. The molecule has 0 saturated carbocycles. The fourth-order valence-corrected chi connectivity index (χ4v) is 1.70. The third-order valence-corrected chi connectivity index (χ3v) is 3.96. The predicted octanol–water partition coefficient (Wildman–Crippen LogP) is 3.33. The van der Waals surface area contributed by atoms with Crippen molar-refractivity contribution < 1.29 is 0 Å². The summed E-state index contributed by atoms with van der Waals surface area (Å²) in [5.74, 6) is 0. The Kier molecular flexibility index (Phi) is 4.24. The molecule has 90 valence electrons. The van der Waals surface area contributed by atoms with Crippen LogP contribution in [0.5, 0.6) is 0 Å². The van der Waals surface area contributed by atoms with Gasteiger partial charge < -0.3 is 10.6 Å². The molecule has 1 rings (SSSR count). The van der Waals surface area contributed by atoms with Crippen molar-refractivity contribution in [1.82, 2.24) is 4.90 Å². The molecular weight excluding hydrogens is 243 g/mol.